The Morgan fingerprint density at radius 3 is 2.00 bits per heavy atom. The minimum absolute atomic E-state index is 0.0236. The van der Waals surface area contributed by atoms with E-state index in [0.29, 0.717) is 31.3 Å². The number of rotatable bonds is 10. The van der Waals surface area contributed by atoms with Crippen LogP contribution in [0.25, 0.3) is 11.1 Å². The molecule has 10 nitrogen and oxygen atoms in total. The number of piperazine rings is 1. The number of phenols is 1. The van der Waals surface area contributed by atoms with Gasteiger partial charge in [-0.25, -0.2) is 4.39 Å². The third-order valence-corrected chi connectivity index (χ3v) is 12.0. The summed E-state index contributed by atoms with van der Waals surface area (Å²) >= 11 is 6.35. The number of fused-ring (bicyclic) bond motifs is 1. The first-order valence-electron chi connectivity index (χ1n) is 19.7. The molecule has 4 aliphatic heterocycles. The molecule has 12 heteroatoms. The second kappa shape index (κ2) is 16.5. The minimum Gasteiger partial charge on any atom is -0.508 e. The number of amides is 4. The number of imide groups is 2. The van der Waals surface area contributed by atoms with E-state index in [1.54, 1.807) is 12.1 Å². The molecule has 0 spiro atoms. The van der Waals surface area contributed by atoms with Crippen LogP contribution in [0.1, 0.15) is 69.5 Å². The third kappa shape index (κ3) is 7.91. The van der Waals surface area contributed by atoms with E-state index >= 15 is 4.39 Å². The van der Waals surface area contributed by atoms with E-state index in [1.165, 1.54) is 11.8 Å². The number of allylic oxidation sites excluding steroid dienone is 1. The van der Waals surface area contributed by atoms with Crippen molar-refractivity contribution in [1.29, 1.82) is 0 Å². The minimum atomic E-state index is -1.09. The van der Waals surface area contributed by atoms with Crippen LogP contribution in [0.5, 0.6) is 5.75 Å². The molecule has 4 aromatic carbocycles. The summed E-state index contributed by atoms with van der Waals surface area (Å²) in [5.41, 5.74) is 7.00. The highest BCUT2D eigenvalue weighted by molar-refractivity contribution is 6.24. The van der Waals surface area contributed by atoms with Crippen LogP contribution in [0.15, 0.2) is 91.0 Å². The highest BCUT2D eigenvalue weighted by atomic mass is 35.5. The zero-order chi connectivity index (χ0) is 39.6. The molecular formula is C45H45ClFN5O5. The van der Waals surface area contributed by atoms with Gasteiger partial charge in [0.05, 0.1) is 16.8 Å². The van der Waals surface area contributed by atoms with Gasteiger partial charge in [0.2, 0.25) is 11.8 Å². The second-order valence-electron chi connectivity index (χ2n) is 15.3. The molecule has 0 aromatic heterocycles. The number of benzene rings is 4. The summed E-state index contributed by atoms with van der Waals surface area (Å²) in [6, 6.07) is 27.9. The van der Waals surface area contributed by atoms with Gasteiger partial charge in [0.1, 0.15) is 17.6 Å². The summed E-state index contributed by atoms with van der Waals surface area (Å²) < 4.78 is 15.5. The van der Waals surface area contributed by atoms with E-state index in [9.17, 15) is 24.3 Å². The summed E-state index contributed by atoms with van der Waals surface area (Å²) in [6.45, 7) is 5.53. The molecule has 0 radical (unpaired) electrons. The van der Waals surface area contributed by atoms with Crippen molar-refractivity contribution in [2.24, 2.45) is 5.92 Å². The summed E-state index contributed by atoms with van der Waals surface area (Å²) in [4.78, 5) is 58.2. The van der Waals surface area contributed by atoms with Crippen molar-refractivity contribution in [2.45, 2.75) is 38.1 Å². The largest absolute Gasteiger partial charge is 0.508 e. The Kier molecular flexibility index (Phi) is 11.1. The molecular weight excluding hydrogens is 745 g/mol. The summed E-state index contributed by atoms with van der Waals surface area (Å²) in [5, 5.41) is 12.2. The molecule has 4 amide bonds. The number of carbonyl (C=O) groups is 4. The van der Waals surface area contributed by atoms with E-state index < -0.39 is 35.5 Å². The fourth-order valence-corrected chi connectivity index (χ4v) is 8.95. The molecule has 4 aliphatic rings. The Morgan fingerprint density at radius 2 is 1.37 bits per heavy atom. The lowest BCUT2D eigenvalue weighted by Crippen LogP contribution is -2.54. The molecule has 3 saturated heterocycles. The lowest BCUT2D eigenvalue weighted by molar-refractivity contribution is -0.136. The van der Waals surface area contributed by atoms with Crippen molar-refractivity contribution < 1.29 is 28.7 Å². The summed E-state index contributed by atoms with van der Waals surface area (Å²) in [7, 11) is 0. The Morgan fingerprint density at radius 1 is 0.737 bits per heavy atom. The molecule has 4 heterocycles. The van der Waals surface area contributed by atoms with Crippen molar-refractivity contribution in [2.75, 3.05) is 61.5 Å². The first kappa shape index (κ1) is 38.4. The Hall–Kier alpha value is -5.52. The van der Waals surface area contributed by atoms with Gasteiger partial charge in [-0.05, 0) is 95.8 Å². The zero-order valence-electron chi connectivity index (χ0n) is 31.6. The quantitative estimate of drug-likeness (QED) is 0.106. The standard InChI is InChI=1S/C45H45ClFN5O5/c46-19-16-35(30-4-2-1-3-5-30)42(32-8-12-34(53)13-9-32)31-6-10-33(11-7-31)50-20-17-29(18-21-50)28-49-22-24-51(25-23-49)40-27-37-36(26-38(40)47)44(56)52(45(37)57)39-14-15-41(54)48-43(39)55/h1-13,26-27,29,39,53H,14-25,28H2,(H,48,54,55). The second-order valence-corrected chi connectivity index (χ2v) is 15.6. The van der Waals surface area contributed by atoms with Gasteiger partial charge in [-0.15, -0.1) is 11.6 Å². The zero-order valence-corrected chi connectivity index (χ0v) is 32.4. The molecule has 8 rings (SSSR count). The van der Waals surface area contributed by atoms with Crippen LogP contribution >= 0.6 is 11.6 Å². The Labute approximate surface area is 336 Å². The van der Waals surface area contributed by atoms with Gasteiger partial charge < -0.3 is 14.9 Å². The lowest BCUT2D eigenvalue weighted by atomic mass is 9.88. The number of carbonyl (C=O) groups excluding carboxylic acids is 4. The Balaban J connectivity index is 0.877. The van der Waals surface area contributed by atoms with Gasteiger partial charge in [0.15, 0.2) is 0 Å². The number of nitrogens with one attached hydrogen (secondary N) is 1. The number of alkyl halides is 1. The number of anilines is 2. The van der Waals surface area contributed by atoms with Gasteiger partial charge >= 0.3 is 0 Å². The molecule has 4 aromatic rings. The van der Waals surface area contributed by atoms with Crippen LogP contribution in [0.2, 0.25) is 0 Å². The van der Waals surface area contributed by atoms with Crippen LogP contribution in [-0.2, 0) is 9.59 Å². The number of piperidine rings is 2. The van der Waals surface area contributed by atoms with Gasteiger partial charge in [-0.1, -0.05) is 54.6 Å². The molecule has 3 fully saturated rings. The molecule has 57 heavy (non-hydrogen) atoms. The highest BCUT2D eigenvalue weighted by Crippen LogP contribution is 2.37. The van der Waals surface area contributed by atoms with E-state index in [1.807, 2.05) is 35.2 Å². The highest BCUT2D eigenvalue weighted by Gasteiger charge is 2.45. The monoisotopic (exact) mass is 789 g/mol. The lowest BCUT2D eigenvalue weighted by Gasteiger charge is -2.40. The number of phenolic OH excluding ortho intramolecular Hbond substituents is 1. The number of hydrogen-bond acceptors (Lipinski definition) is 8. The average Bonchev–Trinajstić information content (AvgIpc) is 3.46. The smallest absolute Gasteiger partial charge is 0.262 e. The summed E-state index contributed by atoms with van der Waals surface area (Å²) in [6.07, 6.45) is 2.90. The van der Waals surface area contributed by atoms with Crippen molar-refractivity contribution in [1.82, 2.24) is 15.1 Å². The average molecular weight is 790 g/mol. The van der Waals surface area contributed by atoms with Crippen molar-refractivity contribution in [3.63, 3.8) is 0 Å². The van der Waals surface area contributed by atoms with E-state index in [4.69, 9.17) is 11.6 Å². The van der Waals surface area contributed by atoms with Crippen molar-refractivity contribution in [3.8, 4) is 5.75 Å². The molecule has 0 saturated carbocycles. The molecule has 0 aliphatic carbocycles. The van der Waals surface area contributed by atoms with Gasteiger partial charge in [-0.2, -0.15) is 0 Å². The van der Waals surface area contributed by atoms with E-state index in [-0.39, 0.29) is 35.4 Å². The normalized spacial score (nSPS) is 19.8. The van der Waals surface area contributed by atoms with Crippen LogP contribution in [-0.4, -0.2) is 96.3 Å². The molecule has 1 unspecified atom stereocenters. The van der Waals surface area contributed by atoms with E-state index in [0.717, 1.165) is 84.4 Å². The SMILES string of the molecule is O=C1CCC(N2C(=O)c3cc(F)c(N4CCN(CC5CCN(c6ccc(C(=C(CCCl)c7ccccc7)c7ccc(O)cc7)cc6)CC5)CC4)cc3C2=O)C(=O)N1. The number of nitrogens with zero attached hydrogens (tertiary/aromatic N) is 4. The van der Waals surface area contributed by atoms with E-state index in [2.05, 4.69) is 51.5 Å². The predicted molar refractivity (Wildman–Crippen MR) is 219 cm³/mol. The van der Waals surface area contributed by atoms with Crippen LogP contribution < -0.4 is 15.1 Å². The fourth-order valence-electron chi connectivity index (χ4n) is 8.76. The van der Waals surface area contributed by atoms with Gasteiger partial charge in [0.25, 0.3) is 11.8 Å². The first-order chi connectivity index (χ1) is 27.7. The maximum atomic E-state index is 15.5. The topological polar surface area (TPSA) is 114 Å². The number of aromatic hydroxyl groups is 1. The van der Waals surface area contributed by atoms with Gasteiger partial charge in [-0.3, -0.25) is 34.3 Å². The maximum Gasteiger partial charge on any atom is 0.262 e. The third-order valence-electron chi connectivity index (χ3n) is 11.8. The fraction of sp³-hybridized carbons (Fsp3) is 0.333. The molecule has 1 atom stereocenters. The van der Waals surface area contributed by atoms with Gasteiger partial charge in [0, 0.05) is 63.8 Å². The molecule has 0 bridgehead atoms. The van der Waals surface area contributed by atoms with Crippen molar-refractivity contribution >= 4 is 57.8 Å². The maximum absolute atomic E-state index is 15.5. The number of halogens is 2. The van der Waals surface area contributed by atoms with Crippen molar-refractivity contribution in [3.05, 3.63) is 125 Å². The van der Waals surface area contributed by atoms with Crippen LogP contribution in [0, 0.1) is 11.7 Å². The predicted octanol–water partition coefficient (Wildman–Crippen LogP) is 6.56. The van der Waals surface area contributed by atoms with Crippen LogP contribution in [0.3, 0.4) is 0 Å². The molecule has 294 valence electrons. The number of hydrogen-bond donors (Lipinski definition) is 2. The Bertz CT molecular complexity index is 2200. The summed E-state index contributed by atoms with van der Waals surface area (Å²) in [5.74, 6) is -1.81. The van der Waals surface area contributed by atoms with Crippen LogP contribution in [0.4, 0.5) is 15.8 Å². The molecule has 2 N–H and O–H groups in total. The first-order valence-corrected chi connectivity index (χ1v) is 20.2.